The first-order valence-electron chi connectivity index (χ1n) is 5.55. The Bertz CT molecular complexity index is 280. The van der Waals surface area contributed by atoms with Crippen molar-refractivity contribution in [3.63, 3.8) is 0 Å². The van der Waals surface area contributed by atoms with Crippen LogP contribution >= 0.6 is 11.8 Å². The Morgan fingerprint density at radius 1 is 1.47 bits per heavy atom. The molecule has 0 saturated carbocycles. The largest absolute Gasteiger partial charge is 0.298 e. The Kier molecular flexibility index (Phi) is 4.65. The van der Waals surface area contributed by atoms with Gasteiger partial charge in [0.25, 0.3) is 0 Å². The molecule has 0 aliphatic heterocycles. The zero-order valence-electron chi connectivity index (χ0n) is 9.71. The van der Waals surface area contributed by atoms with E-state index in [1.165, 1.54) is 6.42 Å². The minimum Gasteiger partial charge on any atom is -0.298 e. The van der Waals surface area contributed by atoms with Crippen molar-refractivity contribution in [2.45, 2.75) is 39.0 Å². The summed E-state index contributed by atoms with van der Waals surface area (Å²) in [6.45, 7) is 6.01. The van der Waals surface area contributed by atoms with E-state index in [-0.39, 0.29) is 0 Å². The van der Waals surface area contributed by atoms with Crippen LogP contribution in [0.4, 0.5) is 0 Å². The SMILES string of the molecule is C=C(SC)C1(C)C=CCCCCCC1=O. The molecule has 1 rings (SSSR count). The summed E-state index contributed by atoms with van der Waals surface area (Å²) < 4.78 is 0. The second-order valence-corrected chi connectivity index (χ2v) is 5.16. The molecular weight excluding hydrogens is 204 g/mol. The summed E-state index contributed by atoms with van der Waals surface area (Å²) in [5, 5.41) is 0. The molecule has 1 nitrogen and oxygen atoms in total. The third-order valence-corrected chi connectivity index (χ3v) is 4.05. The molecule has 1 aliphatic rings. The van der Waals surface area contributed by atoms with E-state index in [4.69, 9.17) is 0 Å². The van der Waals surface area contributed by atoms with Crippen LogP contribution < -0.4 is 0 Å². The Balaban J connectivity index is 2.91. The van der Waals surface area contributed by atoms with E-state index >= 15 is 0 Å². The van der Waals surface area contributed by atoms with Gasteiger partial charge in [0.1, 0.15) is 5.78 Å². The molecular formula is C13H20OS. The lowest BCUT2D eigenvalue weighted by molar-refractivity contribution is -0.124. The Hall–Kier alpha value is -0.500. The summed E-state index contributed by atoms with van der Waals surface area (Å²) >= 11 is 1.59. The normalized spacial score (nSPS) is 28.0. The molecule has 1 unspecified atom stereocenters. The van der Waals surface area contributed by atoms with Crippen molar-refractivity contribution in [2.75, 3.05) is 6.26 Å². The third kappa shape index (κ3) is 2.97. The molecule has 0 amide bonds. The van der Waals surface area contributed by atoms with Crippen LogP contribution in [0.1, 0.15) is 39.0 Å². The molecule has 2 heteroatoms. The second kappa shape index (κ2) is 5.55. The van der Waals surface area contributed by atoms with Gasteiger partial charge in [-0.25, -0.2) is 0 Å². The smallest absolute Gasteiger partial charge is 0.147 e. The highest BCUT2D eigenvalue weighted by Crippen LogP contribution is 2.37. The molecule has 0 aromatic heterocycles. The van der Waals surface area contributed by atoms with Crippen LogP contribution in [-0.2, 0) is 4.79 Å². The Morgan fingerprint density at radius 3 is 2.87 bits per heavy atom. The van der Waals surface area contributed by atoms with E-state index in [0.717, 1.165) is 24.2 Å². The zero-order valence-corrected chi connectivity index (χ0v) is 10.5. The quantitative estimate of drug-likeness (QED) is 0.660. The van der Waals surface area contributed by atoms with E-state index < -0.39 is 5.41 Å². The standard InChI is InChI=1S/C13H20OS/c1-11(15-3)13(2)10-8-6-4-5-7-9-12(13)14/h8,10H,1,4-7,9H2,2-3H3. The maximum atomic E-state index is 12.1. The molecule has 0 aromatic carbocycles. The Morgan fingerprint density at radius 2 is 2.20 bits per heavy atom. The summed E-state index contributed by atoms with van der Waals surface area (Å²) in [6, 6.07) is 0. The first-order chi connectivity index (χ1) is 7.11. The van der Waals surface area contributed by atoms with Crippen molar-refractivity contribution in [1.82, 2.24) is 0 Å². The van der Waals surface area contributed by atoms with Crippen molar-refractivity contribution in [2.24, 2.45) is 5.41 Å². The Labute approximate surface area is 97.0 Å². The fourth-order valence-corrected chi connectivity index (χ4v) is 2.46. The topological polar surface area (TPSA) is 17.1 Å². The number of hydrogen-bond donors (Lipinski definition) is 0. The first-order valence-corrected chi connectivity index (χ1v) is 6.78. The fourth-order valence-electron chi connectivity index (χ4n) is 1.86. The predicted molar refractivity (Wildman–Crippen MR) is 68.0 cm³/mol. The van der Waals surface area contributed by atoms with Gasteiger partial charge in [0.05, 0.1) is 5.41 Å². The third-order valence-electron chi connectivity index (χ3n) is 3.13. The van der Waals surface area contributed by atoms with Crippen molar-refractivity contribution in [3.8, 4) is 0 Å². The van der Waals surface area contributed by atoms with Crippen molar-refractivity contribution >= 4 is 17.5 Å². The van der Waals surface area contributed by atoms with Crippen LogP contribution in [0.2, 0.25) is 0 Å². The molecule has 0 bridgehead atoms. The van der Waals surface area contributed by atoms with Gasteiger partial charge in [-0.2, -0.15) is 0 Å². The number of hydrogen-bond acceptors (Lipinski definition) is 2. The van der Waals surface area contributed by atoms with Crippen LogP contribution in [0.5, 0.6) is 0 Å². The average Bonchev–Trinajstić information content (AvgIpc) is 2.32. The molecule has 0 N–H and O–H groups in total. The van der Waals surface area contributed by atoms with Gasteiger partial charge in [-0.15, -0.1) is 11.8 Å². The van der Waals surface area contributed by atoms with Crippen LogP contribution in [0.3, 0.4) is 0 Å². The van der Waals surface area contributed by atoms with Gasteiger partial charge >= 0.3 is 0 Å². The molecule has 0 saturated heterocycles. The zero-order chi connectivity index (χ0) is 11.3. The lowest BCUT2D eigenvalue weighted by Crippen LogP contribution is -2.26. The van der Waals surface area contributed by atoms with Gasteiger partial charge in [-0.1, -0.05) is 25.2 Å². The number of rotatable bonds is 2. The van der Waals surface area contributed by atoms with Gasteiger partial charge in [0.15, 0.2) is 0 Å². The number of thioether (sulfide) groups is 1. The first kappa shape index (κ1) is 12.6. The van der Waals surface area contributed by atoms with E-state index in [2.05, 4.69) is 18.7 Å². The minimum atomic E-state index is -0.441. The maximum absolute atomic E-state index is 12.1. The number of carbonyl (C=O) groups excluding carboxylic acids is 1. The van der Waals surface area contributed by atoms with Gasteiger partial charge in [0, 0.05) is 6.42 Å². The van der Waals surface area contributed by atoms with Crippen molar-refractivity contribution < 1.29 is 4.79 Å². The van der Waals surface area contributed by atoms with Crippen LogP contribution in [0.15, 0.2) is 23.6 Å². The summed E-state index contributed by atoms with van der Waals surface area (Å²) in [4.78, 5) is 13.1. The highest BCUT2D eigenvalue weighted by atomic mass is 32.2. The summed E-state index contributed by atoms with van der Waals surface area (Å²) in [6.07, 6.45) is 11.4. The molecule has 1 aliphatic carbocycles. The number of carbonyl (C=O) groups is 1. The lowest BCUT2D eigenvalue weighted by Gasteiger charge is -2.25. The van der Waals surface area contributed by atoms with Gasteiger partial charge < -0.3 is 0 Å². The predicted octanol–water partition coefficient (Wildman–Crippen LogP) is 3.96. The molecule has 84 valence electrons. The molecule has 0 heterocycles. The lowest BCUT2D eigenvalue weighted by atomic mass is 9.83. The monoisotopic (exact) mass is 224 g/mol. The fraction of sp³-hybridized carbons (Fsp3) is 0.615. The van der Waals surface area contributed by atoms with Crippen molar-refractivity contribution in [3.05, 3.63) is 23.6 Å². The average molecular weight is 224 g/mol. The minimum absolute atomic E-state index is 0.319. The molecule has 1 atom stereocenters. The van der Waals surface area contributed by atoms with E-state index in [9.17, 15) is 4.79 Å². The summed E-state index contributed by atoms with van der Waals surface area (Å²) in [5.41, 5.74) is -0.441. The summed E-state index contributed by atoms with van der Waals surface area (Å²) in [7, 11) is 0. The van der Waals surface area contributed by atoms with E-state index in [0.29, 0.717) is 12.2 Å². The molecule has 15 heavy (non-hydrogen) atoms. The molecule has 0 spiro atoms. The van der Waals surface area contributed by atoms with Crippen LogP contribution in [0.25, 0.3) is 0 Å². The van der Waals surface area contributed by atoms with Crippen LogP contribution in [-0.4, -0.2) is 12.0 Å². The van der Waals surface area contributed by atoms with E-state index in [1.54, 1.807) is 11.8 Å². The number of allylic oxidation sites excluding steroid dienone is 3. The maximum Gasteiger partial charge on any atom is 0.147 e. The summed E-state index contributed by atoms with van der Waals surface area (Å²) in [5.74, 6) is 0.319. The van der Waals surface area contributed by atoms with Gasteiger partial charge in [-0.3, -0.25) is 4.79 Å². The number of ketones is 1. The van der Waals surface area contributed by atoms with Crippen molar-refractivity contribution in [1.29, 1.82) is 0 Å². The molecule has 0 fully saturated rings. The highest BCUT2D eigenvalue weighted by molar-refractivity contribution is 8.02. The van der Waals surface area contributed by atoms with Gasteiger partial charge in [0.2, 0.25) is 0 Å². The van der Waals surface area contributed by atoms with Gasteiger partial charge in [-0.05, 0) is 37.3 Å². The highest BCUT2D eigenvalue weighted by Gasteiger charge is 2.32. The second-order valence-electron chi connectivity index (χ2n) is 4.25. The molecule has 0 radical (unpaired) electrons. The van der Waals surface area contributed by atoms with E-state index in [1.807, 2.05) is 13.2 Å². The number of Topliss-reactive ketones (excluding diaryl/α,β-unsaturated/α-hetero) is 1. The molecule has 0 aromatic rings. The van der Waals surface area contributed by atoms with Crippen LogP contribution in [0, 0.1) is 5.41 Å².